The first-order valence-corrected chi connectivity index (χ1v) is 5.03. The number of hydrogen-bond acceptors (Lipinski definition) is 3. The Morgan fingerprint density at radius 3 is 2.71 bits per heavy atom. The molecule has 0 heterocycles. The third kappa shape index (κ3) is 3.32. The molecular weight excluding hydrogens is 180 g/mol. The second kappa shape index (κ2) is 5.58. The summed E-state index contributed by atoms with van der Waals surface area (Å²) < 4.78 is 5.19. The van der Waals surface area contributed by atoms with Gasteiger partial charge in [0.1, 0.15) is 12.4 Å². The van der Waals surface area contributed by atoms with Crippen molar-refractivity contribution in [2.45, 2.75) is 38.7 Å². The fourth-order valence-corrected chi connectivity index (χ4v) is 1.89. The maximum Gasteiger partial charge on any atom is 0.302 e. The molecule has 0 aromatic carbocycles. The Morgan fingerprint density at radius 1 is 1.36 bits per heavy atom. The maximum atomic E-state index is 10.8. The Bertz CT molecular complexity index is 233. The molecule has 1 aliphatic rings. The highest BCUT2D eigenvalue weighted by Gasteiger charge is 2.25. The van der Waals surface area contributed by atoms with E-state index in [0.717, 1.165) is 32.0 Å². The molecule has 1 aliphatic carbocycles. The number of carbonyl (C=O) groups is 2. The number of esters is 1. The van der Waals surface area contributed by atoms with Gasteiger partial charge in [-0.3, -0.25) is 9.59 Å². The van der Waals surface area contributed by atoms with E-state index in [4.69, 9.17) is 4.74 Å². The van der Waals surface area contributed by atoms with Crippen molar-refractivity contribution in [3.63, 3.8) is 0 Å². The normalized spacial score (nSPS) is 27.5. The Morgan fingerprint density at radius 2 is 2.07 bits per heavy atom. The van der Waals surface area contributed by atoms with Crippen LogP contribution in [0.4, 0.5) is 0 Å². The molecule has 2 atom stereocenters. The molecule has 0 amide bonds. The molecule has 0 radical (unpaired) electrons. The molecule has 2 unspecified atom stereocenters. The van der Waals surface area contributed by atoms with Gasteiger partial charge in [-0.05, 0) is 25.3 Å². The van der Waals surface area contributed by atoms with Crippen LogP contribution in [-0.2, 0) is 14.3 Å². The average Bonchev–Trinajstić information content (AvgIpc) is 2.16. The molecule has 1 saturated carbocycles. The summed E-state index contributed by atoms with van der Waals surface area (Å²) in [5.41, 5.74) is 0. The number of allylic oxidation sites excluding steroid dienone is 1. The smallest absolute Gasteiger partial charge is 0.302 e. The van der Waals surface area contributed by atoms with E-state index in [9.17, 15) is 9.59 Å². The van der Waals surface area contributed by atoms with Gasteiger partial charge in [0.2, 0.25) is 0 Å². The lowest BCUT2D eigenvalue weighted by Crippen LogP contribution is -2.28. The van der Waals surface area contributed by atoms with E-state index in [1.807, 2.05) is 6.08 Å². The Hall–Kier alpha value is -1.12. The summed E-state index contributed by atoms with van der Waals surface area (Å²) in [7, 11) is 0. The summed E-state index contributed by atoms with van der Waals surface area (Å²) in [5, 5.41) is 0. The summed E-state index contributed by atoms with van der Waals surface area (Å²) in [4.78, 5) is 21.0. The minimum Gasteiger partial charge on any atom is -0.462 e. The highest BCUT2D eigenvalue weighted by molar-refractivity contribution is 5.66. The van der Waals surface area contributed by atoms with Crippen LogP contribution in [0.3, 0.4) is 0 Å². The molecule has 0 bridgehead atoms. The zero-order chi connectivity index (χ0) is 10.4. The van der Waals surface area contributed by atoms with Crippen molar-refractivity contribution >= 4 is 12.3 Å². The Kier molecular flexibility index (Phi) is 4.36. The van der Waals surface area contributed by atoms with Crippen LogP contribution in [0.25, 0.3) is 0 Å². The van der Waals surface area contributed by atoms with Crippen molar-refractivity contribution in [3.8, 4) is 0 Å². The third-order valence-electron chi connectivity index (χ3n) is 2.51. The lowest BCUT2D eigenvalue weighted by Gasteiger charge is -2.28. The van der Waals surface area contributed by atoms with E-state index in [-0.39, 0.29) is 18.0 Å². The fourth-order valence-electron chi connectivity index (χ4n) is 1.89. The summed E-state index contributed by atoms with van der Waals surface area (Å²) in [6.07, 6.45) is 8.23. The molecular formula is C11H16O3. The van der Waals surface area contributed by atoms with Crippen molar-refractivity contribution in [1.29, 1.82) is 0 Å². The van der Waals surface area contributed by atoms with Crippen molar-refractivity contribution in [3.05, 3.63) is 12.2 Å². The number of carbonyl (C=O) groups excluding carboxylic acids is 2. The monoisotopic (exact) mass is 196 g/mol. The Labute approximate surface area is 84.1 Å². The fraction of sp³-hybridized carbons (Fsp3) is 0.636. The largest absolute Gasteiger partial charge is 0.462 e. The molecule has 0 N–H and O–H groups in total. The van der Waals surface area contributed by atoms with Crippen LogP contribution < -0.4 is 0 Å². The number of aldehydes is 1. The van der Waals surface area contributed by atoms with Gasteiger partial charge in [-0.25, -0.2) is 0 Å². The molecule has 1 fully saturated rings. The van der Waals surface area contributed by atoms with Gasteiger partial charge >= 0.3 is 5.97 Å². The average molecular weight is 196 g/mol. The van der Waals surface area contributed by atoms with Crippen LogP contribution in [0.5, 0.6) is 0 Å². The van der Waals surface area contributed by atoms with Crippen LogP contribution in [0.15, 0.2) is 12.2 Å². The van der Waals surface area contributed by atoms with Crippen LogP contribution in [-0.4, -0.2) is 18.4 Å². The molecule has 0 aromatic heterocycles. The number of hydrogen-bond donors (Lipinski definition) is 0. The molecule has 0 aliphatic heterocycles. The SMILES string of the molecule is CC(=O)OC1CCCCC1/C=C/C=O. The molecule has 3 heteroatoms. The molecule has 14 heavy (non-hydrogen) atoms. The number of rotatable bonds is 3. The molecule has 1 rings (SSSR count). The van der Waals surface area contributed by atoms with E-state index in [1.165, 1.54) is 13.0 Å². The van der Waals surface area contributed by atoms with Crippen molar-refractivity contribution < 1.29 is 14.3 Å². The van der Waals surface area contributed by atoms with Gasteiger partial charge in [0.05, 0.1) is 0 Å². The van der Waals surface area contributed by atoms with Crippen LogP contribution in [0, 0.1) is 5.92 Å². The minimum absolute atomic E-state index is 0.0301. The summed E-state index contributed by atoms with van der Waals surface area (Å²) in [6, 6.07) is 0. The Balaban J connectivity index is 2.53. The molecule has 0 spiro atoms. The first-order chi connectivity index (χ1) is 6.74. The van der Waals surface area contributed by atoms with Crippen LogP contribution >= 0.6 is 0 Å². The highest BCUT2D eigenvalue weighted by Crippen LogP contribution is 2.27. The van der Waals surface area contributed by atoms with Crippen molar-refractivity contribution in [2.75, 3.05) is 0 Å². The second-order valence-electron chi connectivity index (χ2n) is 3.62. The van der Waals surface area contributed by atoms with Crippen LogP contribution in [0.2, 0.25) is 0 Å². The van der Waals surface area contributed by atoms with E-state index in [2.05, 4.69) is 0 Å². The third-order valence-corrected chi connectivity index (χ3v) is 2.51. The van der Waals surface area contributed by atoms with Gasteiger partial charge in [-0.2, -0.15) is 0 Å². The summed E-state index contributed by atoms with van der Waals surface area (Å²) >= 11 is 0. The summed E-state index contributed by atoms with van der Waals surface area (Å²) in [6.45, 7) is 1.43. The minimum atomic E-state index is -0.235. The zero-order valence-corrected chi connectivity index (χ0v) is 8.44. The highest BCUT2D eigenvalue weighted by atomic mass is 16.5. The lowest BCUT2D eigenvalue weighted by atomic mass is 9.86. The first-order valence-electron chi connectivity index (χ1n) is 5.03. The molecule has 78 valence electrons. The van der Waals surface area contributed by atoms with Gasteiger partial charge in [0.25, 0.3) is 0 Å². The molecule has 0 aromatic rings. The summed E-state index contributed by atoms with van der Waals surface area (Å²) in [5.74, 6) is -0.0146. The lowest BCUT2D eigenvalue weighted by molar-refractivity contribution is -0.149. The zero-order valence-electron chi connectivity index (χ0n) is 8.44. The molecule has 0 saturated heterocycles. The van der Waals surface area contributed by atoms with E-state index in [0.29, 0.717) is 0 Å². The maximum absolute atomic E-state index is 10.8. The predicted molar refractivity (Wildman–Crippen MR) is 52.7 cm³/mol. The first kappa shape index (κ1) is 11.0. The van der Waals surface area contributed by atoms with E-state index in [1.54, 1.807) is 0 Å². The quantitative estimate of drug-likeness (QED) is 0.393. The van der Waals surface area contributed by atoms with Crippen LogP contribution in [0.1, 0.15) is 32.6 Å². The van der Waals surface area contributed by atoms with Gasteiger partial charge in [0.15, 0.2) is 0 Å². The van der Waals surface area contributed by atoms with Crippen molar-refractivity contribution in [2.24, 2.45) is 5.92 Å². The van der Waals surface area contributed by atoms with Crippen molar-refractivity contribution in [1.82, 2.24) is 0 Å². The topological polar surface area (TPSA) is 43.4 Å². The number of ether oxygens (including phenoxy) is 1. The second-order valence-corrected chi connectivity index (χ2v) is 3.62. The van der Waals surface area contributed by atoms with Gasteiger partial charge < -0.3 is 4.74 Å². The van der Waals surface area contributed by atoms with Gasteiger partial charge in [0, 0.05) is 12.8 Å². The van der Waals surface area contributed by atoms with Gasteiger partial charge in [-0.15, -0.1) is 0 Å². The molecule has 3 nitrogen and oxygen atoms in total. The van der Waals surface area contributed by atoms with Gasteiger partial charge in [-0.1, -0.05) is 12.5 Å². The van der Waals surface area contributed by atoms with E-state index >= 15 is 0 Å². The standard InChI is InChI=1S/C11H16O3/c1-9(13)14-11-7-3-2-5-10(11)6-4-8-12/h4,6,8,10-11H,2-3,5,7H2,1H3/b6-4+. The predicted octanol–water partition coefficient (Wildman–Crippen LogP) is 1.86. The van der Waals surface area contributed by atoms with E-state index < -0.39 is 0 Å².